The molecule has 5 nitrogen and oxygen atoms in total. The lowest BCUT2D eigenvalue weighted by Gasteiger charge is -2.29. The Hall–Kier alpha value is -2.47. The van der Waals surface area contributed by atoms with E-state index in [1.807, 2.05) is 53.4 Å². The number of nitrogens with one attached hydrogen (secondary N) is 1. The van der Waals surface area contributed by atoms with Crippen LogP contribution in [0.15, 0.2) is 53.4 Å². The lowest BCUT2D eigenvalue weighted by molar-refractivity contribution is -0.125. The quantitative estimate of drug-likeness (QED) is 0.744. The summed E-state index contributed by atoms with van der Waals surface area (Å²) in [7, 11) is 1.64. The van der Waals surface area contributed by atoms with Gasteiger partial charge in [0.2, 0.25) is 11.8 Å². The molecule has 2 aromatic carbocycles. The van der Waals surface area contributed by atoms with Crippen LogP contribution in [-0.4, -0.2) is 31.2 Å². The fourth-order valence-electron chi connectivity index (χ4n) is 3.74. The number of rotatable bonds is 7. The third-order valence-corrected chi connectivity index (χ3v) is 6.52. The van der Waals surface area contributed by atoms with Crippen molar-refractivity contribution in [3.05, 3.63) is 54.1 Å². The van der Waals surface area contributed by atoms with E-state index in [1.54, 1.807) is 18.9 Å². The Bertz CT molecular complexity index is 880. The van der Waals surface area contributed by atoms with Gasteiger partial charge >= 0.3 is 0 Å². The Balaban J connectivity index is 1.35. The summed E-state index contributed by atoms with van der Waals surface area (Å²) in [5.74, 6) is 2.12. The van der Waals surface area contributed by atoms with Crippen LogP contribution in [0, 0.1) is 5.92 Å². The monoisotopic (exact) mass is 410 g/mol. The number of thioether (sulfide) groups is 1. The van der Waals surface area contributed by atoms with Gasteiger partial charge in [0.05, 0.1) is 18.8 Å². The normalized spacial score (nSPS) is 16.7. The lowest BCUT2D eigenvalue weighted by atomic mass is 10.0. The minimum absolute atomic E-state index is 0.00983. The molecule has 152 valence electrons. The standard InChI is InChI=1S/C23H26N2O3S/c1-28-18-10-8-17(9-11-18)23(16-6-7-16)24-21(26)12-13-22(27)25-14-15-29-20-5-3-2-4-19(20)25/h2-5,8-11,16,23H,6-7,12-15H2,1H3,(H,24,26). The minimum Gasteiger partial charge on any atom is -0.497 e. The number of para-hydroxylation sites is 1. The second kappa shape index (κ2) is 8.91. The van der Waals surface area contributed by atoms with Crippen LogP contribution in [0.2, 0.25) is 0 Å². The molecule has 1 heterocycles. The smallest absolute Gasteiger partial charge is 0.227 e. The zero-order chi connectivity index (χ0) is 20.2. The van der Waals surface area contributed by atoms with Crippen LogP contribution in [-0.2, 0) is 9.59 Å². The lowest BCUT2D eigenvalue weighted by Crippen LogP contribution is -2.36. The highest BCUT2D eigenvalue weighted by Gasteiger charge is 2.33. The van der Waals surface area contributed by atoms with Crippen LogP contribution < -0.4 is 15.0 Å². The van der Waals surface area contributed by atoms with Crippen LogP contribution >= 0.6 is 11.8 Å². The second-order valence-corrected chi connectivity index (χ2v) is 8.65. The van der Waals surface area contributed by atoms with Gasteiger partial charge in [-0.3, -0.25) is 9.59 Å². The molecule has 6 heteroatoms. The molecule has 4 rings (SSSR count). The molecule has 2 amide bonds. The van der Waals surface area contributed by atoms with Gasteiger partial charge in [-0.05, 0) is 48.6 Å². The van der Waals surface area contributed by atoms with Gasteiger partial charge in [0.15, 0.2) is 0 Å². The topological polar surface area (TPSA) is 58.6 Å². The third-order valence-electron chi connectivity index (χ3n) is 5.48. The maximum absolute atomic E-state index is 12.8. The van der Waals surface area contributed by atoms with E-state index in [4.69, 9.17) is 4.74 Å². The number of nitrogens with zero attached hydrogens (tertiary/aromatic N) is 1. The number of hydrogen-bond acceptors (Lipinski definition) is 4. The summed E-state index contributed by atoms with van der Waals surface area (Å²) in [6.07, 6.45) is 2.69. The molecule has 29 heavy (non-hydrogen) atoms. The first-order chi connectivity index (χ1) is 14.2. The average Bonchev–Trinajstić information content (AvgIpc) is 3.61. The predicted octanol–water partition coefficient (Wildman–Crippen LogP) is 4.18. The number of benzene rings is 2. The number of carbonyl (C=O) groups excluding carboxylic acids is 2. The number of anilines is 1. The predicted molar refractivity (Wildman–Crippen MR) is 115 cm³/mol. The van der Waals surface area contributed by atoms with Gasteiger partial charge in [0.25, 0.3) is 0 Å². The molecule has 2 aromatic rings. The summed E-state index contributed by atoms with van der Waals surface area (Å²) in [5.41, 5.74) is 2.05. The van der Waals surface area contributed by atoms with Crippen LogP contribution in [0.5, 0.6) is 5.75 Å². The van der Waals surface area contributed by atoms with Gasteiger partial charge in [0, 0.05) is 30.0 Å². The van der Waals surface area contributed by atoms with E-state index in [0.29, 0.717) is 12.5 Å². The maximum atomic E-state index is 12.8. The number of ether oxygens (including phenoxy) is 1. The van der Waals surface area contributed by atoms with Crippen molar-refractivity contribution in [2.45, 2.75) is 36.6 Å². The van der Waals surface area contributed by atoms with E-state index < -0.39 is 0 Å². The van der Waals surface area contributed by atoms with Crippen molar-refractivity contribution in [3.63, 3.8) is 0 Å². The van der Waals surface area contributed by atoms with Crippen LogP contribution in [0.3, 0.4) is 0 Å². The van der Waals surface area contributed by atoms with E-state index in [1.165, 1.54) is 0 Å². The first kappa shape index (κ1) is 19.8. The van der Waals surface area contributed by atoms with Gasteiger partial charge in [-0.25, -0.2) is 0 Å². The van der Waals surface area contributed by atoms with Crippen molar-refractivity contribution < 1.29 is 14.3 Å². The van der Waals surface area contributed by atoms with Crippen molar-refractivity contribution in [1.29, 1.82) is 0 Å². The van der Waals surface area contributed by atoms with E-state index >= 15 is 0 Å². The molecule has 1 fully saturated rings. The molecule has 1 atom stereocenters. The zero-order valence-electron chi connectivity index (χ0n) is 16.6. The van der Waals surface area contributed by atoms with Crippen molar-refractivity contribution >= 4 is 29.3 Å². The Morgan fingerprint density at radius 2 is 1.90 bits per heavy atom. The Morgan fingerprint density at radius 1 is 1.14 bits per heavy atom. The van der Waals surface area contributed by atoms with Gasteiger partial charge in [0.1, 0.15) is 5.75 Å². The summed E-state index contributed by atoms with van der Waals surface area (Å²) >= 11 is 1.77. The van der Waals surface area contributed by atoms with Crippen LogP contribution in [0.1, 0.15) is 37.3 Å². The largest absolute Gasteiger partial charge is 0.497 e. The highest BCUT2D eigenvalue weighted by molar-refractivity contribution is 7.99. The fraction of sp³-hybridized carbons (Fsp3) is 0.391. The van der Waals surface area contributed by atoms with Crippen molar-refractivity contribution in [2.24, 2.45) is 5.92 Å². The molecule has 0 radical (unpaired) electrons. The highest BCUT2D eigenvalue weighted by atomic mass is 32.2. The second-order valence-electron chi connectivity index (χ2n) is 7.52. The number of carbonyl (C=O) groups is 2. The molecule has 0 bridgehead atoms. The van der Waals surface area contributed by atoms with Crippen molar-refractivity contribution in [3.8, 4) is 5.75 Å². The number of amides is 2. The third kappa shape index (κ3) is 4.75. The highest BCUT2D eigenvalue weighted by Crippen LogP contribution is 2.41. The molecule has 0 spiro atoms. The number of methoxy groups -OCH3 is 1. The van der Waals surface area contributed by atoms with Crippen LogP contribution in [0.25, 0.3) is 0 Å². The molecule has 1 unspecified atom stereocenters. The average molecular weight is 411 g/mol. The Kier molecular flexibility index (Phi) is 6.09. The zero-order valence-corrected chi connectivity index (χ0v) is 17.4. The first-order valence-electron chi connectivity index (χ1n) is 10.1. The van der Waals surface area contributed by atoms with Crippen molar-refractivity contribution in [2.75, 3.05) is 24.3 Å². The Morgan fingerprint density at radius 3 is 2.62 bits per heavy atom. The summed E-state index contributed by atoms with van der Waals surface area (Å²) < 4.78 is 5.22. The molecule has 1 aliphatic heterocycles. The van der Waals surface area contributed by atoms with Gasteiger partial charge < -0.3 is 15.0 Å². The minimum atomic E-state index is -0.0641. The maximum Gasteiger partial charge on any atom is 0.227 e. The molecule has 1 saturated carbocycles. The number of hydrogen-bond donors (Lipinski definition) is 1. The van der Waals surface area contributed by atoms with E-state index in [-0.39, 0.29) is 30.7 Å². The Labute approximate surface area is 175 Å². The van der Waals surface area contributed by atoms with Gasteiger partial charge in [-0.2, -0.15) is 0 Å². The molecule has 0 aromatic heterocycles. The molecular weight excluding hydrogens is 384 g/mol. The SMILES string of the molecule is COc1ccc(C(NC(=O)CCC(=O)N2CCSc3ccccc32)C2CC2)cc1. The first-order valence-corrected chi connectivity index (χ1v) is 11.1. The molecule has 0 saturated heterocycles. The molecular formula is C23H26N2O3S. The molecule has 2 aliphatic rings. The summed E-state index contributed by atoms with van der Waals surface area (Å²) in [6, 6.07) is 15.8. The summed E-state index contributed by atoms with van der Waals surface area (Å²) in [6.45, 7) is 0.693. The fourth-order valence-corrected chi connectivity index (χ4v) is 4.74. The molecule has 1 N–H and O–H groups in total. The van der Waals surface area contributed by atoms with Gasteiger partial charge in [-0.1, -0.05) is 24.3 Å². The van der Waals surface area contributed by atoms with E-state index in [2.05, 4.69) is 5.32 Å². The molecule has 1 aliphatic carbocycles. The summed E-state index contributed by atoms with van der Waals surface area (Å²) in [4.78, 5) is 28.3. The van der Waals surface area contributed by atoms with Crippen LogP contribution in [0.4, 0.5) is 5.69 Å². The summed E-state index contributed by atoms with van der Waals surface area (Å²) in [5, 5.41) is 3.16. The van der Waals surface area contributed by atoms with Crippen molar-refractivity contribution in [1.82, 2.24) is 5.32 Å². The van der Waals surface area contributed by atoms with E-state index in [0.717, 1.165) is 40.5 Å². The van der Waals surface area contributed by atoms with E-state index in [9.17, 15) is 9.59 Å². The number of fused-ring (bicyclic) bond motifs is 1. The van der Waals surface area contributed by atoms with Gasteiger partial charge in [-0.15, -0.1) is 11.8 Å².